The fraction of sp³-hybridized carbons (Fsp3) is 0.588. The number of hydrogen-bond acceptors (Lipinski definition) is 4. The van der Waals surface area contributed by atoms with Gasteiger partial charge in [-0.05, 0) is 31.2 Å². The SMILES string of the molecule is CC[C@@H](C(=O)N1CCN(CC)CC1)N(c1cccc(Cl)c1)S(C)(=O)=O. The number of rotatable bonds is 6. The lowest BCUT2D eigenvalue weighted by Crippen LogP contribution is -2.55. The van der Waals surface area contributed by atoms with E-state index >= 15 is 0 Å². The lowest BCUT2D eigenvalue weighted by atomic mass is 10.1. The summed E-state index contributed by atoms with van der Waals surface area (Å²) in [6.07, 6.45) is 1.52. The number of anilines is 1. The van der Waals surface area contributed by atoms with E-state index in [-0.39, 0.29) is 5.91 Å². The molecular formula is C17H26ClN3O3S. The maximum atomic E-state index is 13.0. The van der Waals surface area contributed by atoms with Crippen LogP contribution in [0.2, 0.25) is 5.02 Å². The predicted molar refractivity (Wildman–Crippen MR) is 102 cm³/mol. The molecule has 0 aromatic heterocycles. The summed E-state index contributed by atoms with van der Waals surface area (Å²) in [5.74, 6) is -0.149. The van der Waals surface area contributed by atoms with Crippen LogP contribution >= 0.6 is 11.6 Å². The molecule has 1 aliphatic rings. The molecule has 1 fully saturated rings. The molecule has 1 aliphatic heterocycles. The van der Waals surface area contributed by atoms with E-state index in [0.29, 0.717) is 30.2 Å². The van der Waals surface area contributed by atoms with E-state index in [1.807, 2.05) is 6.92 Å². The van der Waals surface area contributed by atoms with E-state index < -0.39 is 16.1 Å². The zero-order valence-corrected chi connectivity index (χ0v) is 16.6. The van der Waals surface area contributed by atoms with E-state index in [1.54, 1.807) is 29.2 Å². The minimum absolute atomic E-state index is 0.149. The highest BCUT2D eigenvalue weighted by Gasteiger charge is 2.35. The fourth-order valence-electron chi connectivity index (χ4n) is 3.15. The third-order valence-electron chi connectivity index (χ3n) is 4.51. The second kappa shape index (κ2) is 8.38. The molecule has 1 aromatic carbocycles. The largest absolute Gasteiger partial charge is 0.338 e. The monoisotopic (exact) mass is 387 g/mol. The first kappa shape index (κ1) is 20.0. The van der Waals surface area contributed by atoms with Crippen molar-refractivity contribution >= 4 is 33.2 Å². The van der Waals surface area contributed by atoms with Crippen molar-refractivity contribution in [3.05, 3.63) is 29.3 Å². The van der Waals surface area contributed by atoms with Gasteiger partial charge in [-0.2, -0.15) is 0 Å². The number of hydrogen-bond donors (Lipinski definition) is 0. The molecule has 0 bridgehead atoms. The second-order valence-corrected chi connectivity index (χ2v) is 8.52. The van der Waals surface area contributed by atoms with E-state index in [1.165, 1.54) is 4.31 Å². The maximum Gasteiger partial charge on any atom is 0.246 e. The molecule has 0 saturated carbocycles. The Balaban J connectivity index is 2.29. The number of carbonyl (C=O) groups is 1. The number of nitrogens with zero attached hydrogens (tertiary/aromatic N) is 3. The van der Waals surface area contributed by atoms with Gasteiger partial charge in [0.15, 0.2) is 0 Å². The molecule has 0 radical (unpaired) electrons. The van der Waals surface area contributed by atoms with Crippen molar-refractivity contribution in [1.82, 2.24) is 9.80 Å². The minimum atomic E-state index is -3.63. The molecular weight excluding hydrogens is 362 g/mol. The zero-order chi connectivity index (χ0) is 18.6. The van der Waals surface area contributed by atoms with E-state index in [4.69, 9.17) is 11.6 Å². The highest BCUT2D eigenvalue weighted by atomic mass is 35.5. The number of piperazine rings is 1. The first-order chi connectivity index (χ1) is 11.8. The van der Waals surface area contributed by atoms with Crippen LogP contribution in [0.5, 0.6) is 0 Å². The summed E-state index contributed by atoms with van der Waals surface area (Å²) in [6.45, 7) is 7.75. The zero-order valence-electron chi connectivity index (χ0n) is 15.0. The molecule has 140 valence electrons. The van der Waals surface area contributed by atoms with Gasteiger partial charge in [-0.1, -0.05) is 31.5 Å². The van der Waals surface area contributed by atoms with Gasteiger partial charge in [-0.15, -0.1) is 0 Å². The molecule has 6 nitrogen and oxygen atoms in total. The first-order valence-electron chi connectivity index (χ1n) is 8.54. The number of sulfonamides is 1. The van der Waals surface area contributed by atoms with Gasteiger partial charge in [-0.25, -0.2) is 8.42 Å². The van der Waals surface area contributed by atoms with Gasteiger partial charge in [0.1, 0.15) is 6.04 Å². The summed E-state index contributed by atoms with van der Waals surface area (Å²) in [5, 5.41) is 0.435. The van der Waals surface area contributed by atoms with Gasteiger partial charge in [0.05, 0.1) is 11.9 Å². The molecule has 0 unspecified atom stereocenters. The number of likely N-dealkylation sites (N-methyl/N-ethyl adjacent to an activating group) is 1. The number of carbonyl (C=O) groups excluding carboxylic acids is 1. The van der Waals surface area contributed by atoms with Crippen molar-refractivity contribution in [3.63, 3.8) is 0 Å². The molecule has 1 aromatic rings. The Morgan fingerprint density at radius 1 is 1.24 bits per heavy atom. The highest BCUT2D eigenvalue weighted by Crippen LogP contribution is 2.26. The van der Waals surface area contributed by atoms with Crippen molar-refractivity contribution < 1.29 is 13.2 Å². The first-order valence-corrected chi connectivity index (χ1v) is 10.8. The van der Waals surface area contributed by atoms with E-state index in [2.05, 4.69) is 11.8 Å². The summed E-state index contributed by atoms with van der Waals surface area (Å²) in [6, 6.07) is 5.85. The van der Waals surface area contributed by atoms with Crippen LogP contribution in [-0.2, 0) is 14.8 Å². The summed E-state index contributed by atoms with van der Waals surface area (Å²) < 4.78 is 26.1. The molecule has 0 aliphatic carbocycles. The number of amides is 1. The van der Waals surface area contributed by atoms with Gasteiger partial charge < -0.3 is 9.80 Å². The van der Waals surface area contributed by atoms with Crippen molar-refractivity contribution in [2.45, 2.75) is 26.3 Å². The molecule has 1 saturated heterocycles. The van der Waals surface area contributed by atoms with Gasteiger partial charge in [0.25, 0.3) is 0 Å². The smallest absolute Gasteiger partial charge is 0.246 e. The Morgan fingerprint density at radius 3 is 2.36 bits per heavy atom. The fourth-order valence-corrected chi connectivity index (χ4v) is 4.53. The van der Waals surface area contributed by atoms with E-state index in [9.17, 15) is 13.2 Å². The van der Waals surface area contributed by atoms with Gasteiger partial charge in [0.2, 0.25) is 15.9 Å². The minimum Gasteiger partial charge on any atom is -0.338 e. The lowest BCUT2D eigenvalue weighted by Gasteiger charge is -2.38. The molecule has 1 amide bonds. The predicted octanol–water partition coefficient (Wildman–Crippen LogP) is 2.05. The quantitative estimate of drug-likeness (QED) is 0.749. The Hall–Kier alpha value is -1.31. The Bertz CT molecular complexity index is 703. The number of halogens is 1. The van der Waals surface area contributed by atoms with Crippen LogP contribution in [0, 0.1) is 0 Å². The molecule has 25 heavy (non-hydrogen) atoms. The highest BCUT2D eigenvalue weighted by molar-refractivity contribution is 7.92. The molecule has 1 atom stereocenters. The standard InChI is InChI=1S/C17H26ClN3O3S/c1-4-16(17(22)20-11-9-19(5-2)10-12-20)21(25(3,23)24)15-8-6-7-14(18)13-15/h6-8,13,16H,4-5,9-12H2,1-3H3/t16-/m0/s1. The van der Waals surface area contributed by atoms with Crippen molar-refractivity contribution in [2.24, 2.45) is 0 Å². The summed E-state index contributed by atoms with van der Waals surface area (Å²) in [4.78, 5) is 17.1. The van der Waals surface area contributed by atoms with Crippen LogP contribution in [0.25, 0.3) is 0 Å². The third kappa shape index (κ3) is 4.86. The van der Waals surface area contributed by atoms with E-state index in [0.717, 1.165) is 25.9 Å². The topological polar surface area (TPSA) is 60.9 Å². The molecule has 2 rings (SSSR count). The van der Waals surface area contributed by atoms with Crippen LogP contribution in [-0.4, -0.2) is 69.1 Å². The van der Waals surface area contributed by atoms with Crippen LogP contribution in [0.15, 0.2) is 24.3 Å². The summed E-state index contributed by atoms with van der Waals surface area (Å²) >= 11 is 6.02. The summed E-state index contributed by atoms with van der Waals surface area (Å²) in [7, 11) is -3.63. The van der Waals surface area contributed by atoms with Gasteiger partial charge in [0, 0.05) is 31.2 Å². The van der Waals surface area contributed by atoms with Crippen LogP contribution < -0.4 is 4.31 Å². The Labute approximate surface area is 155 Å². The second-order valence-electron chi connectivity index (χ2n) is 6.22. The average molecular weight is 388 g/mol. The van der Waals surface area contributed by atoms with Crippen molar-refractivity contribution in [2.75, 3.05) is 43.3 Å². The lowest BCUT2D eigenvalue weighted by molar-refractivity contribution is -0.134. The Morgan fingerprint density at radius 2 is 1.88 bits per heavy atom. The molecule has 8 heteroatoms. The van der Waals surface area contributed by atoms with Crippen molar-refractivity contribution in [3.8, 4) is 0 Å². The van der Waals surface area contributed by atoms with Gasteiger partial charge >= 0.3 is 0 Å². The van der Waals surface area contributed by atoms with Crippen molar-refractivity contribution in [1.29, 1.82) is 0 Å². The van der Waals surface area contributed by atoms with Crippen LogP contribution in [0.4, 0.5) is 5.69 Å². The average Bonchev–Trinajstić information content (AvgIpc) is 2.58. The molecule has 0 N–H and O–H groups in total. The van der Waals surface area contributed by atoms with Crippen LogP contribution in [0.1, 0.15) is 20.3 Å². The molecule has 1 heterocycles. The normalized spacial score (nSPS) is 17.4. The number of benzene rings is 1. The molecule has 0 spiro atoms. The van der Waals surface area contributed by atoms with Gasteiger partial charge in [-0.3, -0.25) is 9.10 Å². The summed E-state index contributed by atoms with van der Waals surface area (Å²) in [5.41, 5.74) is 0.419. The van der Waals surface area contributed by atoms with Crippen LogP contribution in [0.3, 0.4) is 0 Å². The Kier molecular flexibility index (Phi) is 6.71. The maximum absolute atomic E-state index is 13.0. The third-order valence-corrected chi connectivity index (χ3v) is 5.92.